The van der Waals surface area contributed by atoms with Crippen molar-refractivity contribution in [2.24, 2.45) is 17.3 Å². The summed E-state index contributed by atoms with van der Waals surface area (Å²) in [4.78, 5) is 50.4. The molecule has 8 heteroatoms. The lowest BCUT2D eigenvalue weighted by Gasteiger charge is -2.29. The van der Waals surface area contributed by atoms with Gasteiger partial charge in [0.05, 0.1) is 32.8 Å². The summed E-state index contributed by atoms with van der Waals surface area (Å²) in [5.41, 5.74) is -3.07. The number of carbonyl (C=O) groups is 4. The van der Waals surface area contributed by atoms with E-state index in [-0.39, 0.29) is 13.0 Å². The number of unbranched alkanes of at least 4 members (excludes halogenated alkanes) is 2. The summed E-state index contributed by atoms with van der Waals surface area (Å²) in [6, 6.07) is 0. The highest BCUT2D eigenvalue weighted by Crippen LogP contribution is 2.49. The Morgan fingerprint density at radius 3 is 2.40 bits per heavy atom. The van der Waals surface area contributed by atoms with E-state index in [1.54, 1.807) is 19.9 Å². The number of aliphatic hydroxyl groups is 1. The quantitative estimate of drug-likeness (QED) is 0.176. The van der Waals surface area contributed by atoms with Gasteiger partial charge >= 0.3 is 17.9 Å². The SMILES string of the molecule is CCCCCC(C)(O)C=C[C@H]1C[C@H](C(=O)OC)C(=O)C1(CC(=O)OCC)C(=O)OC. The van der Waals surface area contributed by atoms with Gasteiger partial charge in [-0.3, -0.25) is 19.2 Å². The Balaban J connectivity index is 3.35. The van der Waals surface area contributed by atoms with Crippen molar-refractivity contribution in [3.8, 4) is 0 Å². The van der Waals surface area contributed by atoms with Crippen LogP contribution >= 0.6 is 0 Å². The molecule has 0 amide bonds. The van der Waals surface area contributed by atoms with Crippen molar-refractivity contribution in [3.05, 3.63) is 12.2 Å². The molecule has 8 nitrogen and oxygen atoms in total. The van der Waals surface area contributed by atoms with Crippen LogP contribution in [0.3, 0.4) is 0 Å². The third kappa shape index (κ3) is 5.90. The average molecular weight is 427 g/mol. The van der Waals surface area contributed by atoms with Crippen LogP contribution in [0.4, 0.5) is 0 Å². The third-order valence-corrected chi connectivity index (χ3v) is 5.62. The van der Waals surface area contributed by atoms with E-state index < -0.39 is 53.0 Å². The van der Waals surface area contributed by atoms with E-state index in [4.69, 9.17) is 14.2 Å². The molecule has 0 aromatic heterocycles. The maximum atomic E-state index is 13.2. The lowest BCUT2D eigenvalue weighted by atomic mass is 9.73. The lowest BCUT2D eigenvalue weighted by molar-refractivity contribution is -0.166. The molecule has 1 rings (SSSR count). The molecule has 0 radical (unpaired) electrons. The van der Waals surface area contributed by atoms with E-state index in [0.717, 1.165) is 33.5 Å². The molecule has 0 aromatic carbocycles. The summed E-state index contributed by atoms with van der Waals surface area (Å²) in [6.45, 7) is 5.39. The molecular weight excluding hydrogens is 392 g/mol. The van der Waals surface area contributed by atoms with Crippen LogP contribution < -0.4 is 0 Å². The molecule has 1 aliphatic rings. The van der Waals surface area contributed by atoms with Crippen molar-refractivity contribution >= 4 is 23.7 Å². The monoisotopic (exact) mass is 426 g/mol. The van der Waals surface area contributed by atoms with Crippen molar-refractivity contribution in [2.75, 3.05) is 20.8 Å². The van der Waals surface area contributed by atoms with Crippen LogP contribution in [0.15, 0.2) is 12.2 Å². The Kier molecular flexibility index (Phi) is 9.68. The van der Waals surface area contributed by atoms with Crippen LogP contribution in [0, 0.1) is 17.3 Å². The zero-order valence-electron chi connectivity index (χ0n) is 18.6. The Bertz CT molecular complexity index is 666. The van der Waals surface area contributed by atoms with Gasteiger partial charge in [-0.05, 0) is 26.7 Å². The lowest BCUT2D eigenvalue weighted by Crippen LogP contribution is -2.45. The highest BCUT2D eigenvalue weighted by atomic mass is 16.5. The number of ketones is 1. The van der Waals surface area contributed by atoms with E-state index >= 15 is 0 Å². The Morgan fingerprint density at radius 1 is 1.20 bits per heavy atom. The number of ether oxygens (including phenoxy) is 3. The topological polar surface area (TPSA) is 116 Å². The summed E-state index contributed by atoms with van der Waals surface area (Å²) in [5, 5.41) is 10.6. The number of hydrogen-bond donors (Lipinski definition) is 1. The van der Waals surface area contributed by atoms with Gasteiger partial charge in [0.1, 0.15) is 11.3 Å². The maximum absolute atomic E-state index is 13.2. The molecule has 0 heterocycles. The number of Topliss-reactive ketones (excluding diaryl/α,β-unsaturated/α-hetero) is 1. The largest absolute Gasteiger partial charge is 0.468 e. The summed E-state index contributed by atoms with van der Waals surface area (Å²) in [6.07, 6.45) is 5.78. The van der Waals surface area contributed by atoms with Crippen LogP contribution in [0.2, 0.25) is 0 Å². The van der Waals surface area contributed by atoms with Gasteiger partial charge in [-0.15, -0.1) is 0 Å². The summed E-state index contributed by atoms with van der Waals surface area (Å²) in [5.74, 6) is -5.19. The Labute approximate surface area is 177 Å². The second-order valence-electron chi connectivity index (χ2n) is 7.90. The molecule has 4 atom stereocenters. The van der Waals surface area contributed by atoms with E-state index in [1.807, 2.05) is 0 Å². The highest BCUT2D eigenvalue weighted by Gasteiger charge is 2.62. The molecule has 0 aromatic rings. The molecular formula is C22H34O8. The summed E-state index contributed by atoms with van der Waals surface area (Å²) < 4.78 is 14.6. The van der Waals surface area contributed by atoms with Crippen molar-refractivity contribution < 1.29 is 38.5 Å². The van der Waals surface area contributed by atoms with Gasteiger partial charge in [0.25, 0.3) is 0 Å². The standard InChI is InChI=1S/C22H34O8/c1-6-8-9-11-21(3,27)12-10-15-13-16(19(25)28-4)18(24)22(15,20(26)29-5)14-17(23)30-7-2/h10,12,15-16,27H,6-9,11,13-14H2,1-5H3/t15-,16-,21?,22?/m0/s1. The van der Waals surface area contributed by atoms with E-state index in [1.165, 1.54) is 6.08 Å². The van der Waals surface area contributed by atoms with Gasteiger partial charge in [0, 0.05) is 5.92 Å². The zero-order valence-corrected chi connectivity index (χ0v) is 18.6. The van der Waals surface area contributed by atoms with Gasteiger partial charge in [0.15, 0.2) is 5.78 Å². The van der Waals surface area contributed by atoms with Gasteiger partial charge in [-0.25, -0.2) is 0 Å². The number of esters is 3. The minimum absolute atomic E-state index is 0.0262. The molecule has 170 valence electrons. The molecule has 1 fully saturated rings. The predicted molar refractivity (Wildman–Crippen MR) is 108 cm³/mol. The average Bonchev–Trinajstić information content (AvgIpc) is 2.98. The Morgan fingerprint density at radius 2 is 1.87 bits per heavy atom. The summed E-state index contributed by atoms with van der Waals surface area (Å²) in [7, 11) is 2.28. The normalized spacial score (nSPS) is 25.7. The predicted octanol–water partition coefficient (Wildman–Crippen LogP) is 2.36. The van der Waals surface area contributed by atoms with Crippen molar-refractivity contribution in [2.45, 2.75) is 64.9 Å². The molecule has 1 aliphatic carbocycles. The van der Waals surface area contributed by atoms with Crippen LogP contribution in [-0.4, -0.2) is 55.2 Å². The maximum Gasteiger partial charge on any atom is 0.320 e. The molecule has 1 saturated carbocycles. The first kappa shape index (κ1) is 25.8. The molecule has 30 heavy (non-hydrogen) atoms. The van der Waals surface area contributed by atoms with Crippen LogP contribution in [0.1, 0.15) is 59.3 Å². The zero-order chi connectivity index (χ0) is 22.9. The number of rotatable bonds is 11. The first-order valence-corrected chi connectivity index (χ1v) is 10.4. The van der Waals surface area contributed by atoms with Gasteiger partial charge in [0.2, 0.25) is 0 Å². The molecule has 0 spiro atoms. The fourth-order valence-electron chi connectivity index (χ4n) is 3.95. The van der Waals surface area contributed by atoms with Gasteiger partial charge in [-0.2, -0.15) is 0 Å². The van der Waals surface area contributed by atoms with E-state index in [2.05, 4.69) is 6.92 Å². The number of carbonyl (C=O) groups excluding carboxylic acids is 4. The number of allylic oxidation sites excluding steroid dienone is 1. The number of methoxy groups -OCH3 is 2. The van der Waals surface area contributed by atoms with Gasteiger partial charge < -0.3 is 19.3 Å². The minimum Gasteiger partial charge on any atom is -0.468 e. The Hall–Kier alpha value is -2.22. The van der Waals surface area contributed by atoms with Crippen molar-refractivity contribution in [1.82, 2.24) is 0 Å². The van der Waals surface area contributed by atoms with Gasteiger partial charge in [-0.1, -0.05) is 38.3 Å². The minimum atomic E-state index is -1.91. The van der Waals surface area contributed by atoms with E-state index in [0.29, 0.717) is 6.42 Å². The molecule has 2 unspecified atom stereocenters. The van der Waals surface area contributed by atoms with Crippen LogP contribution in [0.25, 0.3) is 0 Å². The molecule has 1 N–H and O–H groups in total. The highest BCUT2D eigenvalue weighted by molar-refractivity contribution is 6.15. The fourth-order valence-corrected chi connectivity index (χ4v) is 3.95. The number of hydrogen-bond acceptors (Lipinski definition) is 8. The van der Waals surface area contributed by atoms with Crippen molar-refractivity contribution in [1.29, 1.82) is 0 Å². The second-order valence-corrected chi connectivity index (χ2v) is 7.90. The fraction of sp³-hybridized carbons (Fsp3) is 0.727. The van der Waals surface area contributed by atoms with Crippen molar-refractivity contribution in [3.63, 3.8) is 0 Å². The van der Waals surface area contributed by atoms with Crippen LogP contribution in [-0.2, 0) is 33.4 Å². The molecule has 0 saturated heterocycles. The first-order chi connectivity index (χ1) is 14.1. The molecule has 0 aliphatic heterocycles. The van der Waals surface area contributed by atoms with Crippen LogP contribution in [0.5, 0.6) is 0 Å². The molecule has 0 bridgehead atoms. The smallest absolute Gasteiger partial charge is 0.320 e. The first-order valence-electron chi connectivity index (χ1n) is 10.4. The summed E-state index contributed by atoms with van der Waals surface area (Å²) >= 11 is 0. The third-order valence-electron chi connectivity index (χ3n) is 5.62. The second kappa shape index (κ2) is 11.2. The van der Waals surface area contributed by atoms with E-state index in [9.17, 15) is 24.3 Å².